The molecule has 0 spiro atoms. The second-order valence-corrected chi connectivity index (χ2v) is 6.26. The van der Waals surface area contributed by atoms with Crippen LogP contribution >= 0.6 is 0 Å². The van der Waals surface area contributed by atoms with E-state index in [4.69, 9.17) is 9.47 Å². The van der Waals surface area contributed by atoms with Gasteiger partial charge in [0.1, 0.15) is 0 Å². The zero-order valence-corrected chi connectivity index (χ0v) is 12.7. The summed E-state index contributed by atoms with van der Waals surface area (Å²) < 4.78 is 11.3. The average molecular weight is 245 g/mol. The molecule has 0 radical (unpaired) electrons. The highest BCUT2D eigenvalue weighted by atomic mass is 16.5. The van der Waals surface area contributed by atoms with Crippen LogP contribution in [0.5, 0.6) is 0 Å². The summed E-state index contributed by atoms with van der Waals surface area (Å²) in [5.41, 5.74) is 0.120. The molecule has 104 valence electrons. The molecule has 0 aromatic rings. The first-order valence-electron chi connectivity index (χ1n) is 6.67. The summed E-state index contributed by atoms with van der Waals surface area (Å²) in [4.78, 5) is 0. The molecule has 17 heavy (non-hydrogen) atoms. The molecule has 3 nitrogen and oxygen atoms in total. The molecule has 0 aliphatic carbocycles. The van der Waals surface area contributed by atoms with Crippen LogP contribution in [0.4, 0.5) is 0 Å². The van der Waals surface area contributed by atoms with Crippen LogP contribution in [0.3, 0.4) is 0 Å². The van der Waals surface area contributed by atoms with E-state index in [0.29, 0.717) is 13.2 Å². The maximum Gasteiger partial charge on any atom is 0.0707 e. The summed E-state index contributed by atoms with van der Waals surface area (Å²) in [5.74, 6) is 0. The van der Waals surface area contributed by atoms with Crippen molar-refractivity contribution in [2.45, 2.75) is 72.1 Å². The largest absolute Gasteiger partial charge is 0.375 e. The van der Waals surface area contributed by atoms with Gasteiger partial charge >= 0.3 is 0 Å². The average Bonchev–Trinajstić information content (AvgIpc) is 2.20. The summed E-state index contributed by atoms with van der Waals surface area (Å²) in [5, 5.41) is 3.50. The van der Waals surface area contributed by atoms with E-state index in [0.717, 1.165) is 13.0 Å². The second-order valence-electron chi connectivity index (χ2n) is 6.26. The fraction of sp³-hybridized carbons (Fsp3) is 1.00. The molecule has 1 unspecified atom stereocenters. The molecular weight excluding hydrogens is 214 g/mol. The van der Waals surface area contributed by atoms with Crippen LogP contribution in [0.15, 0.2) is 0 Å². The summed E-state index contributed by atoms with van der Waals surface area (Å²) in [6.45, 7) is 17.1. The van der Waals surface area contributed by atoms with Crippen molar-refractivity contribution < 1.29 is 9.47 Å². The van der Waals surface area contributed by atoms with Gasteiger partial charge in [0.25, 0.3) is 0 Å². The van der Waals surface area contributed by atoms with Crippen LogP contribution in [-0.2, 0) is 9.47 Å². The Hall–Kier alpha value is -0.120. The van der Waals surface area contributed by atoms with Crippen molar-refractivity contribution in [3.05, 3.63) is 0 Å². The van der Waals surface area contributed by atoms with Crippen LogP contribution in [0, 0.1) is 0 Å². The zero-order chi connectivity index (χ0) is 13.5. The van der Waals surface area contributed by atoms with Crippen molar-refractivity contribution in [1.29, 1.82) is 0 Å². The lowest BCUT2D eigenvalue weighted by Crippen LogP contribution is -2.43. The molecule has 0 bridgehead atoms. The van der Waals surface area contributed by atoms with Gasteiger partial charge in [0.2, 0.25) is 0 Å². The van der Waals surface area contributed by atoms with Crippen LogP contribution in [0.2, 0.25) is 0 Å². The van der Waals surface area contributed by atoms with E-state index in [-0.39, 0.29) is 17.2 Å². The lowest BCUT2D eigenvalue weighted by atomic mass is 10.0. The van der Waals surface area contributed by atoms with Crippen LogP contribution in [-0.4, -0.2) is 37.0 Å². The van der Waals surface area contributed by atoms with Crippen LogP contribution in [0.25, 0.3) is 0 Å². The third kappa shape index (κ3) is 10.7. The smallest absolute Gasteiger partial charge is 0.0707 e. The van der Waals surface area contributed by atoms with Gasteiger partial charge < -0.3 is 14.8 Å². The first-order valence-corrected chi connectivity index (χ1v) is 6.67. The first kappa shape index (κ1) is 16.9. The highest BCUT2D eigenvalue weighted by Crippen LogP contribution is 2.08. The lowest BCUT2D eigenvalue weighted by molar-refractivity contribution is -0.0487. The summed E-state index contributed by atoms with van der Waals surface area (Å²) >= 11 is 0. The number of nitrogens with one attached hydrogen (secondary N) is 1. The van der Waals surface area contributed by atoms with E-state index in [1.54, 1.807) is 0 Å². The molecule has 0 rings (SSSR count). The Labute approximate surface area is 107 Å². The van der Waals surface area contributed by atoms with Crippen molar-refractivity contribution in [1.82, 2.24) is 5.32 Å². The second kappa shape index (κ2) is 7.34. The van der Waals surface area contributed by atoms with Crippen molar-refractivity contribution >= 4 is 0 Å². The maximum absolute atomic E-state index is 5.69. The Kier molecular flexibility index (Phi) is 7.29. The van der Waals surface area contributed by atoms with E-state index in [9.17, 15) is 0 Å². The lowest BCUT2D eigenvalue weighted by Gasteiger charge is -2.27. The Morgan fingerprint density at radius 2 is 1.65 bits per heavy atom. The van der Waals surface area contributed by atoms with Gasteiger partial charge in [0.15, 0.2) is 0 Å². The Balaban J connectivity index is 3.57. The molecule has 0 amide bonds. The third-order valence-electron chi connectivity index (χ3n) is 2.77. The molecule has 0 saturated heterocycles. The van der Waals surface area contributed by atoms with E-state index >= 15 is 0 Å². The standard InChI is InChI=1S/C14H31NO2/c1-8-14(6,7)15-11-12(2)16-9-10-17-13(3,4)5/h12,15H,8-11H2,1-7H3. The quantitative estimate of drug-likeness (QED) is 0.667. The molecule has 0 aliphatic rings. The summed E-state index contributed by atoms with van der Waals surface area (Å²) in [6.07, 6.45) is 1.34. The van der Waals surface area contributed by atoms with Gasteiger partial charge in [-0.05, 0) is 48.0 Å². The predicted molar refractivity (Wildman–Crippen MR) is 73.5 cm³/mol. The van der Waals surface area contributed by atoms with Gasteiger partial charge in [-0.25, -0.2) is 0 Å². The zero-order valence-electron chi connectivity index (χ0n) is 12.7. The third-order valence-corrected chi connectivity index (χ3v) is 2.77. The molecule has 0 aromatic carbocycles. The van der Waals surface area contributed by atoms with Crippen molar-refractivity contribution in [3.8, 4) is 0 Å². The fourth-order valence-corrected chi connectivity index (χ4v) is 1.20. The van der Waals surface area contributed by atoms with Gasteiger partial charge in [0.05, 0.1) is 24.9 Å². The van der Waals surface area contributed by atoms with Crippen molar-refractivity contribution in [3.63, 3.8) is 0 Å². The number of ether oxygens (including phenoxy) is 2. The fourth-order valence-electron chi connectivity index (χ4n) is 1.20. The van der Waals surface area contributed by atoms with Crippen LogP contribution in [0.1, 0.15) is 54.9 Å². The molecule has 0 heterocycles. The monoisotopic (exact) mass is 245 g/mol. The SMILES string of the molecule is CCC(C)(C)NCC(C)OCCOC(C)(C)C. The Morgan fingerprint density at radius 1 is 1.06 bits per heavy atom. The van der Waals surface area contributed by atoms with Crippen molar-refractivity contribution in [2.24, 2.45) is 0 Å². The minimum absolute atomic E-state index is 0.0744. The summed E-state index contributed by atoms with van der Waals surface area (Å²) in [6, 6.07) is 0. The molecule has 3 heteroatoms. The van der Waals surface area contributed by atoms with Crippen LogP contribution < -0.4 is 5.32 Å². The van der Waals surface area contributed by atoms with Gasteiger partial charge in [-0.2, -0.15) is 0 Å². The molecule has 0 saturated carbocycles. The van der Waals surface area contributed by atoms with Gasteiger partial charge in [-0.1, -0.05) is 6.92 Å². The van der Waals surface area contributed by atoms with E-state index in [2.05, 4.69) is 53.8 Å². The Bertz CT molecular complexity index is 197. The molecular formula is C14H31NO2. The van der Waals surface area contributed by atoms with Crippen molar-refractivity contribution in [2.75, 3.05) is 19.8 Å². The maximum atomic E-state index is 5.69. The minimum Gasteiger partial charge on any atom is -0.375 e. The highest BCUT2D eigenvalue weighted by Gasteiger charge is 2.15. The first-order chi connectivity index (χ1) is 7.66. The number of hydrogen-bond donors (Lipinski definition) is 1. The predicted octanol–water partition coefficient (Wildman–Crippen LogP) is 2.98. The number of hydrogen-bond acceptors (Lipinski definition) is 3. The molecule has 1 N–H and O–H groups in total. The summed E-state index contributed by atoms with van der Waals surface area (Å²) in [7, 11) is 0. The topological polar surface area (TPSA) is 30.5 Å². The Morgan fingerprint density at radius 3 is 2.12 bits per heavy atom. The van der Waals surface area contributed by atoms with E-state index in [1.165, 1.54) is 0 Å². The van der Waals surface area contributed by atoms with E-state index < -0.39 is 0 Å². The molecule has 0 aromatic heterocycles. The van der Waals surface area contributed by atoms with Gasteiger partial charge in [-0.15, -0.1) is 0 Å². The molecule has 1 atom stereocenters. The van der Waals surface area contributed by atoms with Gasteiger partial charge in [0, 0.05) is 12.1 Å². The normalized spacial score (nSPS) is 15.0. The molecule has 0 aliphatic heterocycles. The van der Waals surface area contributed by atoms with E-state index in [1.807, 2.05) is 0 Å². The van der Waals surface area contributed by atoms with Gasteiger partial charge in [-0.3, -0.25) is 0 Å². The number of rotatable bonds is 8. The highest BCUT2D eigenvalue weighted by molar-refractivity contribution is 4.76. The molecule has 0 fully saturated rings. The minimum atomic E-state index is -0.0744.